The second-order valence-electron chi connectivity index (χ2n) is 5.16. The van der Waals surface area contributed by atoms with Gasteiger partial charge in [0.05, 0.1) is 6.61 Å². The van der Waals surface area contributed by atoms with Crippen molar-refractivity contribution >= 4 is 11.8 Å². The van der Waals surface area contributed by atoms with Gasteiger partial charge in [-0.1, -0.05) is 12.8 Å². The van der Waals surface area contributed by atoms with Crippen molar-refractivity contribution in [1.82, 2.24) is 5.32 Å². The van der Waals surface area contributed by atoms with Crippen molar-refractivity contribution < 1.29 is 4.74 Å². The van der Waals surface area contributed by atoms with Gasteiger partial charge in [0.2, 0.25) is 0 Å². The van der Waals surface area contributed by atoms with Gasteiger partial charge in [-0.15, -0.1) is 0 Å². The van der Waals surface area contributed by atoms with Crippen LogP contribution in [0.15, 0.2) is 0 Å². The van der Waals surface area contributed by atoms with Crippen molar-refractivity contribution in [2.75, 3.05) is 37.8 Å². The predicted molar refractivity (Wildman–Crippen MR) is 71.1 cm³/mol. The highest BCUT2D eigenvalue weighted by Crippen LogP contribution is 2.27. The molecule has 0 radical (unpaired) electrons. The zero-order valence-corrected chi connectivity index (χ0v) is 11.1. The summed E-state index contributed by atoms with van der Waals surface area (Å²) in [7, 11) is 0. The first kappa shape index (κ1) is 12.7. The maximum absolute atomic E-state index is 5.36. The van der Waals surface area contributed by atoms with Gasteiger partial charge in [-0.2, -0.15) is 11.8 Å². The highest BCUT2D eigenvalue weighted by molar-refractivity contribution is 7.99. The molecule has 2 aliphatic rings. The molecule has 0 aromatic carbocycles. The van der Waals surface area contributed by atoms with Crippen LogP contribution in [0.5, 0.6) is 0 Å². The van der Waals surface area contributed by atoms with E-state index in [1.54, 1.807) is 0 Å². The van der Waals surface area contributed by atoms with Crippen molar-refractivity contribution in [3.8, 4) is 0 Å². The molecule has 0 amide bonds. The Balaban J connectivity index is 1.37. The molecule has 1 saturated heterocycles. The zero-order chi connectivity index (χ0) is 11.1. The van der Waals surface area contributed by atoms with E-state index in [0.717, 1.165) is 31.6 Å². The Bertz CT molecular complexity index is 157. The van der Waals surface area contributed by atoms with Crippen molar-refractivity contribution in [2.45, 2.75) is 32.1 Å². The van der Waals surface area contributed by atoms with Crippen LogP contribution in [0.4, 0.5) is 0 Å². The lowest BCUT2D eigenvalue weighted by molar-refractivity contribution is 0.185. The molecule has 2 fully saturated rings. The lowest BCUT2D eigenvalue weighted by Gasteiger charge is -2.10. The van der Waals surface area contributed by atoms with Crippen LogP contribution in [0.2, 0.25) is 0 Å². The first-order valence-corrected chi connectivity index (χ1v) is 7.97. The van der Waals surface area contributed by atoms with Crippen LogP contribution in [0.1, 0.15) is 32.1 Å². The van der Waals surface area contributed by atoms with Gasteiger partial charge in [0.25, 0.3) is 0 Å². The first-order valence-electron chi connectivity index (χ1n) is 6.81. The van der Waals surface area contributed by atoms with Crippen LogP contribution < -0.4 is 5.32 Å². The highest BCUT2D eigenvalue weighted by Gasteiger charge is 2.15. The average molecular weight is 243 g/mol. The Morgan fingerprint density at radius 2 is 2.00 bits per heavy atom. The topological polar surface area (TPSA) is 21.3 Å². The third kappa shape index (κ3) is 4.64. The molecule has 0 bridgehead atoms. The number of hydrogen-bond acceptors (Lipinski definition) is 3. The first-order chi connectivity index (χ1) is 7.95. The molecule has 94 valence electrons. The van der Waals surface area contributed by atoms with E-state index in [1.807, 2.05) is 0 Å². The summed E-state index contributed by atoms with van der Waals surface area (Å²) in [6, 6.07) is 0. The van der Waals surface area contributed by atoms with E-state index in [4.69, 9.17) is 4.74 Å². The largest absolute Gasteiger partial charge is 0.381 e. The van der Waals surface area contributed by atoms with E-state index in [0.29, 0.717) is 0 Å². The molecule has 1 N–H and O–H groups in total. The van der Waals surface area contributed by atoms with E-state index >= 15 is 0 Å². The summed E-state index contributed by atoms with van der Waals surface area (Å²) in [4.78, 5) is 0. The molecule has 0 aromatic rings. The summed E-state index contributed by atoms with van der Waals surface area (Å²) in [5, 5.41) is 3.55. The normalized spacial score (nSPS) is 26.6. The highest BCUT2D eigenvalue weighted by atomic mass is 32.2. The van der Waals surface area contributed by atoms with E-state index in [1.165, 1.54) is 50.2 Å². The second-order valence-corrected chi connectivity index (χ2v) is 6.31. The Labute approximate surface area is 104 Å². The molecule has 2 rings (SSSR count). The number of thioether (sulfide) groups is 1. The van der Waals surface area contributed by atoms with Gasteiger partial charge in [-0.25, -0.2) is 0 Å². The van der Waals surface area contributed by atoms with Gasteiger partial charge in [0, 0.05) is 25.4 Å². The molecule has 1 aliphatic carbocycles. The molecule has 1 atom stereocenters. The summed E-state index contributed by atoms with van der Waals surface area (Å²) in [5.41, 5.74) is 0. The molecule has 1 heterocycles. The van der Waals surface area contributed by atoms with Crippen LogP contribution in [0.25, 0.3) is 0 Å². The van der Waals surface area contributed by atoms with Gasteiger partial charge in [-0.3, -0.25) is 0 Å². The van der Waals surface area contributed by atoms with Crippen LogP contribution >= 0.6 is 11.8 Å². The maximum atomic E-state index is 5.36. The summed E-state index contributed by atoms with van der Waals surface area (Å²) in [5.74, 6) is 4.49. The quantitative estimate of drug-likeness (QED) is 0.694. The van der Waals surface area contributed by atoms with Gasteiger partial charge < -0.3 is 10.1 Å². The third-order valence-electron chi connectivity index (χ3n) is 3.71. The molecule has 16 heavy (non-hydrogen) atoms. The standard InChI is InChI=1S/C13H25NOS/c1-2-4-12(3-1)11-16-8-6-14-9-13-5-7-15-10-13/h12-14H,1-11H2. The fourth-order valence-electron chi connectivity index (χ4n) is 2.62. The Morgan fingerprint density at radius 3 is 2.75 bits per heavy atom. The Kier molecular flexibility index (Phi) is 6.02. The molecule has 2 nitrogen and oxygen atoms in total. The minimum atomic E-state index is 0.778. The smallest absolute Gasteiger partial charge is 0.0507 e. The number of ether oxygens (including phenoxy) is 1. The second kappa shape index (κ2) is 7.57. The minimum absolute atomic E-state index is 0.778. The molecule has 0 aromatic heterocycles. The molecule has 1 saturated carbocycles. The monoisotopic (exact) mass is 243 g/mol. The Morgan fingerprint density at radius 1 is 1.12 bits per heavy atom. The fourth-order valence-corrected chi connectivity index (χ4v) is 3.74. The van der Waals surface area contributed by atoms with Crippen molar-refractivity contribution in [2.24, 2.45) is 11.8 Å². The fraction of sp³-hybridized carbons (Fsp3) is 1.00. The molecular formula is C13H25NOS. The summed E-state index contributed by atoms with van der Waals surface area (Å²) >= 11 is 2.14. The summed E-state index contributed by atoms with van der Waals surface area (Å²) in [6.07, 6.45) is 7.18. The van der Waals surface area contributed by atoms with E-state index in [2.05, 4.69) is 17.1 Å². The Hall–Kier alpha value is 0.270. The number of rotatable bonds is 7. The molecule has 1 unspecified atom stereocenters. The maximum Gasteiger partial charge on any atom is 0.0507 e. The van der Waals surface area contributed by atoms with Crippen molar-refractivity contribution in [3.63, 3.8) is 0 Å². The van der Waals surface area contributed by atoms with Gasteiger partial charge >= 0.3 is 0 Å². The molecule has 0 spiro atoms. The zero-order valence-electron chi connectivity index (χ0n) is 10.2. The molecule has 3 heteroatoms. The van der Waals surface area contributed by atoms with Crippen LogP contribution in [-0.4, -0.2) is 37.8 Å². The van der Waals surface area contributed by atoms with Crippen molar-refractivity contribution in [3.05, 3.63) is 0 Å². The SMILES string of the molecule is C1CCC(CSCCNCC2CCOC2)C1. The molecule has 1 aliphatic heterocycles. The van der Waals surface area contributed by atoms with Gasteiger partial charge in [0.15, 0.2) is 0 Å². The van der Waals surface area contributed by atoms with Crippen LogP contribution in [0.3, 0.4) is 0 Å². The number of nitrogens with one attached hydrogen (secondary N) is 1. The summed E-state index contributed by atoms with van der Waals surface area (Å²) < 4.78 is 5.36. The van der Waals surface area contributed by atoms with Gasteiger partial charge in [-0.05, 0) is 36.9 Å². The average Bonchev–Trinajstić information content (AvgIpc) is 2.96. The third-order valence-corrected chi connectivity index (χ3v) is 4.91. The van der Waals surface area contributed by atoms with E-state index in [-0.39, 0.29) is 0 Å². The summed E-state index contributed by atoms with van der Waals surface area (Å²) in [6.45, 7) is 4.28. The predicted octanol–water partition coefficient (Wildman–Crippen LogP) is 2.54. The number of hydrogen-bond donors (Lipinski definition) is 1. The van der Waals surface area contributed by atoms with Gasteiger partial charge in [0.1, 0.15) is 0 Å². The van der Waals surface area contributed by atoms with Crippen LogP contribution in [0, 0.1) is 11.8 Å². The minimum Gasteiger partial charge on any atom is -0.381 e. The van der Waals surface area contributed by atoms with Crippen LogP contribution in [-0.2, 0) is 4.74 Å². The van der Waals surface area contributed by atoms with Crippen molar-refractivity contribution in [1.29, 1.82) is 0 Å². The lowest BCUT2D eigenvalue weighted by Crippen LogP contribution is -2.25. The van der Waals surface area contributed by atoms with E-state index < -0.39 is 0 Å². The molecular weight excluding hydrogens is 218 g/mol. The lowest BCUT2D eigenvalue weighted by atomic mass is 10.1. The van der Waals surface area contributed by atoms with E-state index in [9.17, 15) is 0 Å².